The topological polar surface area (TPSA) is 98.1 Å². The predicted molar refractivity (Wildman–Crippen MR) is 105 cm³/mol. The first-order valence-corrected chi connectivity index (χ1v) is 8.67. The number of aryl methyl sites for hydroxylation is 1. The van der Waals surface area contributed by atoms with E-state index in [0.29, 0.717) is 19.3 Å². The molecule has 0 saturated carbocycles. The number of hydrogen-bond acceptors (Lipinski definition) is 3. The number of carbonyl (C=O) groups excluding carboxylic acids is 1. The predicted octanol–water partition coefficient (Wildman–Crippen LogP) is 2.61. The van der Waals surface area contributed by atoms with Crippen molar-refractivity contribution < 1.29 is 9.90 Å². The van der Waals surface area contributed by atoms with E-state index < -0.39 is 18.2 Å². The number of hydrogen-bond donors (Lipinski definition) is 2. The third-order valence-electron chi connectivity index (χ3n) is 4.27. The van der Waals surface area contributed by atoms with Gasteiger partial charge in [-0.1, -0.05) is 65.8 Å². The average molecular weight is 350 g/mol. The van der Waals surface area contributed by atoms with E-state index in [4.69, 9.17) is 5.53 Å². The third-order valence-corrected chi connectivity index (χ3v) is 4.27. The standard InChI is InChI=1S/C19H23BN4O2/c20-19(26)22-17(13-15-9-5-2-6-10-15)18(25)16(23-24-21)12-11-14-7-3-1-4-8-14/h1-10,16-18,25H,11-13,20H2,(H,22,26)/t16-,17-,18-/m1/s1. The maximum Gasteiger partial charge on any atom is 0.215 e. The lowest BCUT2D eigenvalue weighted by Gasteiger charge is -2.28. The fourth-order valence-corrected chi connectivity index (χ4v) is 2.98. The second kappa shape index (κ2) is 10.3. The molecule has 26 heavy (non-hydrogen) atoms. The number of aliphatic hydroxyl groups excluding tert-OH is 1. The molecule has 0 saturated heterocycles. The summed E-state index contributed by atoms with van der Waals surface area (Å²) in [4.78, 5) is 14.5. The first-order chi connectivity index (χ1) is 12.6. The van der Waals surface area contributed by atoms with Crippen molar-refractivity contribution in [2.45, 2.75) is 37.5 Å². The molecule has 7 heteroatoms. The summed E-state index contributed by atoms with van der Waals surface area (Å²) in [6.07, 6.45) is 0.670. The normalized spacial score (nSPS) is 13.9. The van der Waals surface area contributed by atoms with Gasteiger partial charge in [-0.2, -0.15) is 0 Å². The molecule has 6 nitrogen and oxygen atoms in total. The smallest absolute Gasteiger partial charge is 0.215 e. The van der Waals surface area contributed by atoms with Crippen LogP contribution in [0.5, 0.6) is 0 Å². The lowest BCUT2D eigenvalue weighted by atomic mass is 9.92. The Morgan fingerprint density at radius 2 is 1.69 bits per heavy atom. The van der Waals surface area contributed by atoms with E-state index in [1.54, 1.807) is 0 Å². The molecular formula is C19H23BN4O2. The van der Waals surface area contributed by atoms with E-state index in [2.05, 4.69) is 15.3 Å². The molecule has 2 N–H and O–H groups in total. The van der Waals surface area contributed by atoms with Crippen LogP contribution in [0.2, 0.25) is 0 Å². The molecule has 2 rings (SSSR count). The quantitative estimate of drug-likeness (QED) is 0.315. The lowest BCUT2D eigenvalue weighted by Crippen LogP contribution is -2.49. The van der Waals surface area contributed by atoms with Crippen molar-refractivity contribution in [2.24, 2.45) is 5.11 Å². The molecule has 0 aliphatic rings. The summed E-state index contributed by atoms with van der Waals surface area (Å²) >= 11 is 0. The zero-order valence-corrected chi connectivity index (χ0v) is 14.8. The van der Waals surface area contributed by atoms with Gasteiger partial charge in [0.25, 0.3) is 0 Å². The summed E-state index contributed by atoms with van der Waals surface area (Å²) in [7, 11) is 1.41. The van der Waals surface area contributed by atoms with E-state index >= 15 is 0 Å². The Hall–Kier alpha value is -2.76. The van der Waals surface area contributed by atoms with E-state index in [1.165, 1.54) is 7.85 Å². The van der Waals surface area contributed by atoms with Gasteiger partial charge >= 0.3 is 0 Å². The van der Waals surface area contributed by atoms with E-state index in [1.807, 2.05) is 60.7 Å². The molecule has 0 unspecified atom stereocenters. The van der Waals surface area contributed by atoms with E-state index in [9.17, 15) is 9.90 Å². The minimum Gasteiger partial charge on any atom is -0.391 e. The molecular weight excluding hydrogens is 327 g/mol. The molecule has 1 amide bonds. The van der Waals surface area contributed by atoms with Crippen LogP contribution in [-0.2, 0) is 12.8 Å². The number of azide groups is 1. The van der Waals surface area contributed by atoms with Crippen molar-refractivity contribution in [3.8, 4) is 0 Å². The SMILES string of the molecule is BC(=O)N[C@H](Cc1ccccc1)[C@H](O)[C@@H](CCc1ccccc1)N=[N+]=[N-]. The van der Waals surface area contributed by atoms with Gasteiger partial charge in [0.1, 0.15) is 0 Å². The second-order valence-corrected chi connectivity index (χ2v) is 6.28. The van der Waals surface area contributed by atoms with Gasteiger partial charge in [-0.15, -0.1) is 0 Å². The summed E-state index contributed by atoms with van der Waals surface area (Å²) in [5, 5.41) is 17.4. The molecule has 0 aromatic heterocycles. The van der Waals surface area contributed by atoms with Crippen molar-refractivity contribution in [3.63, 3.8) is 0 Å². The van der Waals surface area contributed by atoms with Crippen LogP contribution < -0.4 is 5.32 Å². The first-order valence-electron chi connectivity index (χ1n) is 8.67. The molecule has 0 radical (unpaired) electrons. The van der Waals surface area contributed by atoms with Crippen LogP contribution in [0.4, 0.5) is 4.79 Å². The average Bonchev–Trinajstić information content (AvgIpc) is 2.65. The van der Waals surface area contributed by atoms with Crippen LogP contribution in [0.15, 0.2) is 65.8 Å². The Bertz CT molecular complexity index is 736. The molecule has 0 aliphatic heterocycles. The molecule has 0 spiro atoms. The molecule has 0 heterocycles. The number of rotatable bonds is 9. The highest BCUT2D eigenvalue weighted by Gasteiger charge is 2.27. The van der Waals surface area contributed by atoms with Crippen LogP contribution in [0, 0.1) is 0 Å². The van der Waals surface area contributed by atoms with Gasteiger partial charge in [-0.25, -0.2) is 0 Å². The Kier molecular flexibility index (Phi) is 7.74. The van der Waals surface area contributed by atoms with Crippen LogP contribution >= 0.6 is 0 Å². The minimum atomic E-state index is -0.973. The molecule has 0 bridgehead atoms. The van der Waals surface area contributed by atoms with Gasteiger partial charge in [0.05, 0.1) is 18.2 Å². The van der Waals surface area contributed by atoms with Crippen molar-refractivity contribution in [1.82, 2.24) is 5.32 Å². The van der Waals surface area contributed by atoms with Crippen LogP contribution in [0.1, 0.15) is 17.5 Å². The van der Waals surface area contributed by atoms with Crippen molar-refractivity contribution >= 4 is 13.7 Å². The van der Waals surface area contributed by atoms with Crippen LogP contribution in [-0.4, -0.2) is 36.9 Å². The Morgan fingerprint density at radius 3 is 2.23 bits per heavy atom. The summed E-state index contributed by atoms with van der Waals surface area (Å²) in [5.74, 6) is -0.229. The third kappa shape index (κ3) is 6.28. The van der Waals surface area contributed by atoms with Gasteiger partial charge in [0.2, 0.25) is 7.85 Å². The van der Waals surface area contributed by atoms with Gasteiger partial charge in [-0.3, -0.25) is 4.79 Å². The van der Waals surface area contributed by atoms with Gasteiger partial charge in [-0.05, 0) is 35.9 Å². The van der Waals surface area contributed by atoms with Crippen LogP contribution in [0.3, 0.4) is 0 Å². The number of amides is 1. The minimum absolute atomic E-state index is 0.229. The zero-order valence-electron chi connectivity index (χ0n) is 14.8. The Morgan fingerprint density at radius 1 is 1.12 bits per heavy atom. The Balaban J connectivity index is 2.11. The fraction of sp³-hybridized carbons (Fsp3) is 0.316. The molecule has 2 aromatic carbocycles. The van der Waals surface area contributed by atoms with Crippen LogP contribution in [0.25, 0.3) is 10.4 Å². The highest BCUT2D eigenvalue weighted by Crippen LogP contribution is 2.16. The summed E-state index contributed by atoms with van der Waals surface area (Å²) < 4.78 is 0. The highest BCUT2D eigenvalue weighted by atomic mass is 16.3. The van der Waals surface area contributed by atoms with Crippen molar-refractivity contribution in [3.05, 3.63) is 82.2 Å². The highest BCUT2D eigenvalue weighted by molar-refractivity contribution is 6.57. The van der Waals surface area contributed by atoms with E-state index in [-0.39, 0.29) is 5.81 Å². The molecule has 134 valence electrons. The molecule has 0 fully saturated rings. The maximum atomic E-state index is 11.6. The number of nitrogens with zero attached hydrogens (tertiary/aromatic N) is 3. The van der Waals surface area contributed by atoms with Crippen molar-refractivity contribution in [1.29, 1.82) is 0 Å². The molecule has 2 aromatic rings. The van der Waals surface area contributed by atoms with E-state index in [0.717, 1.165) is 11.1 Å². The van der Waals surface area contributed by atoms with Gasteiger partial charge in [0.15, 0.2) is 5.81 Å². The van der Waals surface area contributed by atoms with Gasteiger partial charge < -0.3 is 10.4 Å². The molecule has 0 aliphatic carbocycles. The summed E-state index contributed by atoms with van der Waals surface area (Å²) in [5.41, 5.74) is 11.0. The van der Waals surface area contributed by atoms with Crippen molar-refractivity contribution in [2.75, 3.05) is 0 Å². The number of aliphatic hydroxyl groups is 1. The summed E-state index contributed by atoms with van der Waals surface area (Å²) in [6.45, 7) is 0. The van der Waals surface area contributed by atoms with Gasteiger partial charge in [0, 0.05) is 4.91 Å². The maximum absolute atomic E-state index is 11.6. The largest absolute Gasteiger partial charge is 0.391 e. The number of nitrogens with one attached hydrogen (secondary N) is 1. The summed E-state index contributed by atoms with van der Waals surface area (Å²) in [6, 6.07) is 18.3. The second-order valence-electron chi connectivity index (χ2n) is 6.28. The monoisotopic (exact) mass is 350 g/mol. The molecule has 3 atom stereocenters. The fourth-order valence-electron chi connectivity index (χ4n) is 2.98. The Labute approximate surface area is 154 Å². The number of carbonyl (C=O) groups is 1. The zero-order chi connectivity index (χ0) is 18.8. The first kappa shape index (κ1) is 19.6. The lowest BCUT2D eigenvalue weighted by molar-refractivity contribution is 0.102. The number of benzene rings is 2.